The quantitative estimate of drug-likeness (QED) is 0.513. The minimum atomic E-state index is -0.607. The van der Waals surface area contributed by atoms with E-state index in [1.54, 1.807) is 0 Å². The summed E-state index contributed by atoms with van der Waals surface area (Å²) >= 11 is 0. The Labute approximate surface area is 61.5 Å². The monoisotopic (exact) mass is 142 g/mol. The maximum atomic E-state index is 9.54. The second-order valence-corrected chi connectivity index (χ2v) is 2.94. The van der Waals surface area contributed by atoms with E-state index in [0.29, 0.717) is 6.61 Å². The highest BCUT2D eigenvalue weighted by molar-refractivity contribution is 4.98. The molecule has 0 unspecified atom stereocenters. The van der Waals surface area contributed by atoms with Crippen LogP contribution < -0.4 is 0 Å². The predicted octanol–water partition coefficient (Wildman–Crippen LogP) is 1.10. The molecule has 2 nitrogen and oxygen atoms in total. The third-order valence-corrected chi connectivity index (χ3v) is 1.66. The van der Waals surface area contributed by atoms with Gasteiger partial charge in [0, 0.05) is 6.61 Å². The van der Waals surface area contributed by atoms with Gasteiger partial charge in [0.2, 0.25) is 0 Å². The molecular weight excluding hydrogens is 128 g/mol. The fraction of sp³-hybridized carbons (Fsp3) is 0.750. The van der Waals surface area contributed by atoms with Crippen LogP contribution in [0, 0.1) is 0 Å². The van der Waals surface area contributed by atoms with Gasteiger partial charge in [-0.2, -0.15) is 0 Å². The van der Waals surface area contributed by atoms with Gasteiger partial charge in [0.25, 0.3) is 0 Å². The average Bonchev–Trinajstić information content (AvgIpc) is 1.81. The summed E-state index contributed by atoms with van der Waals surface area (Å²) in [6, 6.07) is 0. The van der Waals surface area contributed by atoms with Crippen LogP contribution in [0.15, 0.2) is 12.2 Å². The van der Waals surface area contributed by atoms with Gasteiger partial charge in [-0.25, -0.2) is 0 Å². The Balaban J connectivity index is 2.49. The summed E-state index contributed by atoms with van der Waals surface area (Å²) in [7, 11) is 0. The van der Waals surface area contributed by atoms with Crippen molar-refractivity contribution in [2.24, 2.45) is 0 Å². The van der Waals surface area contributed by atoms with Crippen molar-refractivity contribution in [3.05, 3.63) is 12.2 Å². The van der Waals surface area contributed by atoms with E-state index in [0.717, 1.165) is 19.4 Å². The highest BCUT2D eigenvalue weighted by Crippen LogP contribution is 2.15. The molecule has 0 bridgehead atoms. The van der Waals surface area contributed by atoms with E-state index in [-0.39, 0.29) is 0 Å². The first-order valence-electron chi connectivity index (χ1n) is 3.68. The molecule has 0 radical (unpaired) electrons. The normalized spacial score (nSPS) is 38.2. The largest absolute Gasteiger partial charge is 0.386 e. The van der Waals surface area contributed by atoms with Crippen molar-refractivity contribution in [1.29, 1.82) is 0 Å². The average molecular weight is 142 g/mol. The van der Waals surface area contributed by atoms with E-state index in [1.165, 1.54) is 0 Å². The zero-order chi connectivity index (χ0) is 7.45. The fourth-order valence-corrected chi connectivity index (χ4v) is 1.07. The van der Waals surface area contributed by atoms with Crippen LogP contribution in [0.2, 0.25) is 0 Å². The molecular formula is C8H14O2. The van der Waals surface area contributed by atoms with Crippen LogP contribution >= 0.6 is 0 Å². The van der Waals surface area contributed by atoms with E-state index in [9.17, 15) is 5.11 Å². The summed E-state index contributed by atoms with van der Waals surface area (Å²) < 4.78 is 5.17. The molecule has 1 atom stereocenters. The van der Waals surface area contributed by atoms with Crippen molar-refractivity contribution in [3.8, 4) is 0 Å². The lowest BCUT2D eigenvalue weighted by Crippen LogP contribution is -2.22. The first kappa shape index (κ1) is 7.76. The highest BCUT2D eigenvalue weighted by Gasteiger charge is 2.15. The minimum absolute atomic E-state index is 0.607. The zero-order valence-electron chi connectivity index (χ0n) is 6.34. The lowest BCUT2D eigenvalue weighted by molar-refractivity contribution is 0.0714. The lowest BCUT2D eigenvalue weighted by Gasteiger charge is -2.20. The Bertz CT molecular complexity index is 127. The number of aliphatic hydroxyl groups is 1. The summed E-state index contributed by atoms with van der Waals surface area (Å²) in [6.07, 6.45) is 5.42. The van der Waals surface area contributed by atoms with Crippen molar-refractivity contribution in [2.45, 2.75) is 25.4 Å². The molecule has 1 aliphatic heterocycles. The Hall–Kier alpha value is -0.340. The molecule has 0 saturated carbocycles. The number of ether oxygens (including phenoxy) is 1. The molecule has 1 aliphatic rings. The molecule has 2 heteroatoms. The topological polar surface area (TPSA) is 29.5 Å². The molecule has 0 fully saturated rings. The number of rotatable bonds is 0. The van der Waals surface area contributed by atoms with Gasteiger partial charge in [-0.05, 0) is 19.8 Å². The standard InChI is InChI=1S/C8H14O2/c1-8(9)4-2-6-10-7-3-5-8/h2,4,9H,3,5-7H2,1H3/b4-2-/t8-/m1/s1. The third-order valence-electron chi connectivity index (χ3n) is 1.66. The fourth-order valence-electron chi connectivity index (χ4n) is 1.07. The lowest BCUT2D eigenvalue weighted by atomic mass is 9.99. The van der Waals surface area contributed by atoms with Gasteiger partial charge in [-0.1, -0.05) is 12.2 Å². The van der Waals surface area contributed by atoms with Gasteiger partial charge in [0.15, 0.2) is 0 Å². The molecule has 0 aromatic carbocycles. The van der Waals surface area contributed by atoms with Crippen LogP contribution in [-0.2, 0) is 4.74 Å². The van der Waals surface area contributed by atoms with E-state index in [4.69, 9.17) is 4.74 Å². The van der Waals surface area contributed by atoms with Gasteiger partial charge in [0.1, 0.15) is 0 Å². The summed E-state index contributed by atoms with van der Waals surface area (Å²) in [5.41, 5.74) is -0.607. The van der Waals surface area contributed by atoms with E-state index >= 15 is 0 Å². The van der Waals surface area contributed by atoms with Crippen molar-refractivity contribution in [2.75, 3.05) is 13.2 Å². The van der Waals surface area contributed by atoms with Gasteiger partial charge < -0.3 is 9.84 Å². The third kappa shape index (κ3) is 2.50. The van der Waals surface area contributed by atoms with Gasteiger partial charge >= 0.3 is 0 Å². The highest BCUT2D eigenvalue weighted by atomic mass is 16.5. The second-order valence-electron chi connectivity index (χ2n) is 2.94. The molecule has 0 aromatic heterocycles. The van der Waals surface area contributed by atoms with Crippen LogP contribution in [0.3, 0.4) is 0 Å². The predicted molar refractivity (Wildman–Crippen MR) is 39.8 cm³/mol. The number of hydrogen-bond donors (Lipinski definition) is 1. The van der Waals surface area contributed by atoms with Gasteiger partial charge in [-0.3, -0.25) is 0 Å². The van der Waals surface area contributed by atoms with Crippen LogP contribution in [0.5, 0.6) is 0 Å². The van der Waals surface area contributed by atoms with Crippen LogP contribution in [-0.4, -0.2) is 23.9 Å². The molecule has 0 aromatic rings. The molecule has 1 rings (SSSR count). The Kier molecular flexibility index (Phi) is 2.46. The van der Waals surface area contributed by atoms with Gasteiger partial charge in [0.05, 0.1) is 12.2 Å². The van der Waals surface area contributed by atoms with Crippen LogP contribution in [0.1, 0.15) is 19.8 Å². The molecule has 10 heavy (non-hydrogen) atoms. The molecule has 58 valence electrons. The number of hydrogen-bond acceptors (Lipinski definition) is 2. The minimum Gasteiger partial charge on any atom is -0.386 e. The Morgan fingerprint density at radius 1 is 1.60 bits per heavy atom. The molecule has 1 heterocycles. The Morgan fingerprint density at radius 2 is 2.40 bits per heavy atom. The van der Waals surface area contributed by atoms with Gasteiger partial charge in [-0.15, -0.1) is 0 Å². The second kappa shape index (κ2) is 3.17. The van der Waals surface area contributed by atoms with Crippen molar-refractivity contribution < 1.29 is 9.84 Å². The van der Waals surface area contributed by atoms with E-state index < -0.39 is 5.60 Å². The van der Waals surface area contributed by atoms with Crippen LogP contribution in [0.4, 0.5) is 0 Å². The first-order chi connectivity index (χ1) is 4.71. The molecule has 0 saturated heterocycles. The summed E-state index contributed by atoms with van der Waals surface area (Å²) in [5.74, 6) is 0. The maximum Gasteiger partial charge on any atom is 0.0801 e. The summed E-state index contributed by atoms with van der Waals surface area (Å²) in [4.78, 5) is 0. The molecule has 1 N–H and O–H groups in total. The van der Waals surface area contributed by atoms with E-state index in [2.05, 4.69) is 0 Å². The SMILES string of the molecule is C[C@@]1(O)/C=C\COCCC1. The maximum absolute atomic E-state index is 9.54. The van der Waals surface area contributed by atoms with Crippen molar-refractivity contribution >= 4 is 0 Å². The molecule has 0 spiro atoms. The summed E-state index contributed by atoms with van der Waals surface area (Å²) in [5, 5.41) is 9.54. The molecule has 0 aliphatic carbocycles. The smallest absolute Gasteiger partial charge is 0.0801 e. The zero-order valence-corrected chi connectivity index (χ0v) is 6.34. The van der Waals surface area contributed by atoms with Crippen molar-refractivity contribution in [1.82, 2.24) is 0 Å². The van der Waals surface area contributed by atoms with E-state index in [1.807, 2.05) is 19.1 Å². The van der Waals surface area contributed by atoms with Crippen LogP contribution in [0.25, 0.3) is 0 Å². The Morgan fingerprint density at radius 3 is 3.20 bits per heavy atom. The van der Waals surface area contributed by atoms with Crippen molar-refractivity contribution in [3.63, 3.8) is 0 Å². The first-order valence-corrected chi connectivity index (χ1v) is 3.68. The molecule has 0 amide bonds. The summed E-state index contributed by atoms with van der Waals surface area (Å²) in [6.45, 7) is 3.23.